The summed E-state index contributed by atoms with van der Waals surface area (Å²) in [7, 11) is 0. The van der Waals surface area contributed by atoms with Gasteiger partial charge in [0.2, 0.25) is 0 Å². The fourth-order valence-electron chi connectivity index (χ4n) is 1.73. The summed E-state index contributed by atoms with van der Waals surface area (Å²) in [6, 6.07) is 0. The molecule has 12 heavy (non-hydrogen) atoms. The molecule has 0 aromatic heterocycles. The zero-order valence-corrected chi connectivity index (χ0v) is 9.97. The van der Waals surface area contributed by atoms with Crippen LogP contribution in [0.5, 0.6) is 0 Å². The summed E-state index contributed by atoms with van der Waals surface area (Å²) in [4.78, 5) is 0. The van der Waals surface area contributed by atoms with Gasteiger partial charge in [-0.05, 0) is 36.7 Å². The fourth-order valence-corrected chi connectivity index (χ4v) is 2.16. The van der Waals surface area contributed by atoms with Gasteiger partial charge in [0.05, 0.1) is 0 Å². The molecule has 0 bridgehead atoms. The number of hydrogen-bond donors (Lipinski definition) is 0. The van der Waals surface area contributed by atoms with Gasteiger partial charge < -0.3 is 0 Å². The summed E-state index contributed by atoms with van der Waals surface area (Å²) in [6.07, 6.45) is 9.09. The highest BCUT2D eigenvalue weighted by atomic mass is 32.2. The van der Waals surface area contributed by atoms with Crippen LogP contribution in [-0.2, 0) is 0 Å². The van der Waals surface area contributed by atoms with Gasteiger partial charge in [0.15, 0.2) is 0 Å². The Hall–Kier alpha value is 0.350. The van der Waals surface area contributed by atoms with Gasteiger partial charge in [0, 0.05) is 0 Å². The minimum Gasteiger partial charge on any atom is -0.165 e. The van der Waals surface area contributed by atoms with E-state index in [4.69, 9.17) is 0 Å². The Morgan fingerprint density at radius 3 is 2.25 bits per heavy atom. The van der Waals surface area contributed by atoms with Gasteiger partial charge in [-0.3, -0.25) is 0 Å². The van der Waals surface area contributed by atoms with E-state index >= 15 is 0 Å². The third kappa shape index (κ3) is 5.08. The molecule has 0 radical (unpaired) electrons. The first-order chi connectivity index (χ1) is 5.68. The molecule has 0 spiro atoms. The standard InChI is InChI=1S/C11H24S/c1-5-8-11(3,6-2)9-7-10-12-4/h5-10H2,1-4H3. The number of hydrogen-bond acceptors (Lipinski definition) is 1. The molecule has 0 aliphatic rings. The lowest BCUT2D eigenvalue weighted by Gasteiger charge is -2.27. The summed E-state index contributed by atoms with van der Waals surface area (Å²) < 4.78 is 0. The Balaban J connectivity index is 3.63. The summed E-state index contributed by atoms with van der Waals surface area (Å²) in [5.74, 6) is 1.33. The molecule has 0 saturated heterocycles. The predicted molar refractivity (Wildman–Crippen MR) is 60.9 cm³/mol. The van der Waals surface area contributed by atoms with Crippen LogP contribution in [-0.4, -0.2) is 12.0 Å². The van der Waals surface area contributed by atoms with Crippen molar-refractivity contribution in [2.24, 2.45) is 5.41 Å². The van der Waals surface area contributed by atoms with Gasteiger partial charge in [-0.15, -0.1) is 0 Å². The van der Waals surface area contributed by atoms with Crippen molar-refractivity contribution in [1.29, 1.82) is 0 Å². The second-order valence-electron chi connectivity index (χ2n) is 4.01. The largest absolute Gasteiger partial charge is 0.165 e. The van der Waals surface area contributed by atoms with E-state index in [-0.39, 0.29) is 0 Å². The Bertz CT molecular complexity index is 101. The van der Waals surface area contributed by atoms with Crippen LogP contribution in [0.3, 0.4) is 0 Å². The van der Waals surface area contributed by atoms with Crippen LogP contribution in [0.1, 0.15) is 52.9 Å². The molecule has 1 heteroatoms. The minimum atomic E-state index is 0.629. The second kappa shape index (κ2) is 6.82. The quantitative estimate of drug-likeness (QED) is 0.535. The SMILES string of the molecule is CCCC(C)(CC)CCCSC. The highest BCUT2D eigenvalue weighted by Gasteiger charge is 2.19. The molecule has 0 aromatic rings. The van der Waals surface area contributed by atoms with E-state index in [1.165, 1.54) is 37.9 Å². The van der Waals surface area contributed by atoms with Crippen molar-refractivity contribution < 1.29 is 0 Å². The average Bonchev–Trinajstić information content (AvgIpc) is 2.06. The smallest absolute Gasteiger partial charge is 0.00701 e. The molecule has 74 valence electrons. The van der Waals surface area contributed by atoms with Crippen molar-refractivity contribution in [3.05, 3.63) is 0 Å². The lowest BCUT2D eigenvalue weighted by atomic mass is 9.79. The maximum absolute atomic E-state index is 2.44. The van der Waals surface area contributed by atoms with Crippen molar-refractivity contribution in [2.45, 2.75) is 52.9 Å². The lowest BCUT2D eigenvalue weighted by Crippen LogP contribution is -2.14. The minimum absolute atomic E-state index is 0.629. The van der Waals surface area contributed by atoms with Crippen LogP contribution in [0.15, 0.2) is 0 Å². The zero-order valence-electron chi connectivity index (χ0n) is 9.15. The van der Waals surface area contributed by atoms with Crippen LogP contribution in [0.2, 0.25) is 0 Å². The maximum Gasteiger partial charge on any atom is -0.00701 e. The molecule has 0 heterocycles. The van der Waals surface area contributed by atoms with Crippen molar-refractivity contribution in [3.8, 4) is 0 Å². The van der Waals surface area contributed by atoms with E-state index < -0.39 is 0 Å². The van der Waals surface area contributed by atoms with E-state index in [0.717, 1.165) is 0 Å². The predicted octanol–water partition coefficient (Wildman–Crippen LogP) is 4.35. The van der Waals surface area contributed by atoms with Gasteiger partial charge in [0.1, 0.15) is 0 Å². The maximum atomic E-state index is 2.44. The first kappa shape index (κ1) is 12.3. The average molecular weight is 188 g/mol. The van der Waals surface area contributed by atoms with Crippen LogP contribution in [0.4, 0.5) is 0 Å². The molecule has 0 aliphatic carbocycles. The Morgan fingerprint density at radius 2 is 1.83 bits per heavy atom. The Morgan fingerprint density at radius 1 is 1.17 bits per heavy atom. The van der Waals surface area contributed by atoms with E-state index in [9.17, 15) is 0 Å². The molecule has 1 unspecified atom stereocenters. The highest BCUT2D eigenvalue weighted by Crippen LogP contribution is 2.32. The molecule has 0 aliphatic heterocycles. The molecular weight excluding hydrogens is 164 g/mol. The monoisotopic (exact) mass is 188 g/mol. The molecule has 0 rings (SSSR count). The Kier molecular flexibility index (Phi) is 7.02. The lowest BCUT2D eigenvalue weighted by molar-refractivity contribution is 0.256. The topological polar surface area (TPSA) is 0 Å². The van der Waals surface area contributed by atoms with Crippen molar-refractivity contribution in [2.75, 3.05) is 12.0 Å². The molecule has 0 saturated carbocycles. The third-order valence-corrected chi connectivity index (χ3v) is 3.53. The zero-order chi connectivity index (χ0) is 9.45. The third-order valence-electron chi connectivity index (χ3n) is 2.84. The highest BCUT2D eigenvalue weighted by molar-refractivity contribution is 7.98. The van der Waals surface area contributed by atoms with Gasteiger partial charge >= 0.3 is 0 Å². The summed E-state index contributed by atoms with van der Waals surface area (Å²) in [5.41, 5.74) is 0.629. The summed E-state index contributed by atoms with van der Waals surface area (Å²) in [6.45, 7) is 7.06. The molecular formula is C11H24S. The van der Waals surface area contributed by atoms with Gasteiger partial charge in [-0.2, -0.15) is 11.8 Å². The van der Waals surface area contributed by atoms with Gasteiger partial charge in [-0.1, -0.05) is 33.6 Å². The molecule has 0 amide bonds. The normalized spacial score (nSPS) is 16.0. The van der Waals surface area contributed by atoms with Crippen molar-refractivity contribution in [3.63, 3.8) is 0 Å². The first-order valence-corrected chi connectivity index (χ1v) is 6.57. The number of thioether (sulfide) groups is 1. The van der Waals surface area contributed by atoms with E-state index in [0.29, 0.717) is 5.41 Å². The van der Waals surface area contributed by atoms with E-state index in [1.54, 1.807) is 0 Å². The van der Waals surface area contributed by atoms with Crippen LogP contribution < -0.4 is 0 Å². The first-order valence-electron chi connectivity index (χ1n) is 5.17. The van der Waals surface area contributed by atoms with E-state index in [1.807, 2.05) is 11.8 Å². The van der Waals surface area contributed by atoms with E-state index in [2.05, 4.69) is 27.0 Å². The molecule has 1 atom stereocenters. The Labute approximate surface area is 82.5 Å². The molecule has 0 nitrogen and oxygen atoms in total. The molecule has 0 aromatic carbocycles. The summed E-state index contributed by atoms with van der Waals surface area (Å²) >= 11 is 1.97. The van der Waals surface area contributed by atoms with Gasteiger partial charge in [0.25, 0.3) is 0 Å². The molecule has 0 N–H and O–H groups in total. The van der Waals surface area contributed by atoms with Crippen molar-refractivity contribution >= 4 is 11.8 Å². The van der Waals surface area contributed by atoms with Crippen LogP contribution in [0.25, 0.3) is 0 Å². The fraction of sp³-hybridized carbons (Fsp3) is 1.00. The van der Waals surface area contributed by atoms with Crippen LogP contribution in [0, 0.1) is 5.41 Å². The second-order valence-corrected chi connectivity index (χ2v) is 5.00. The van der Waals surface area contributed by atoms with Crippen LogP contribution >= 0.6 is 11.8 Å². The molecule has 0 fully saturated rings. The summed E-state index contributed by atoms with van der Waals surface area (Å²) in [5, 5.41) is 0. The van der Waals surface area contributed by atoms with Gasteiger partial charge in [-0.25, -0.2) is 0 Å². The van der Waals surface area contributed by atoms with Crippen molar-refractivity contribution in [1.82, 2.24) is 0 Å². The number of rotatable bonds is 7.